The van der Waals surface area contributed by atoms with Crippen molar-refractivity contribution >= 4 is 0 Å². The predicted molar refractivity (Wildman–Crippen MR) is 69.2 cm³/mol. The molecule has 1 atom stereocenters. The first kappa shape index (κ1) is 13.5. The summed E-state index contributed by atoms with van der Waals surface area (Å²) in [5.74, 6) is 1.30. The zero-order valence-corrected chi connectivity index (χ0v) is 10.9. The summed E-state index contributed by atoms with van der Waals surface area (Å²) >= 11 is 0. The van der Waals surface area contributed by atoms with E-state index in [9.17, 15) is 0 Å². The first-order chi connectivity index (χ1) is 8.08. The fraction of sp³-hybridized carbons (Fsp3) is 0.500. The van der Waals surface area contributed by atoms with Crippen LogP contribution in [0.15, 0.2) is 18.2 Å². The van der Waals surface area contributed by atoms with Crippen molar-refractivity contribution in [1.29, 1.82) is 5.26 Å². The summed E-state index contributed by atoms with van der Waals surface area (Å²) in [4.78, 5) is 0. The zero-order valence-electron chi connectivity index (χ0n) is 10.9. The molecule has 92 valence electrons. The molecular formula is C14H20N2O. The normalized spacial score (nSPS) is 12.2. The average Bonchev–Trinajstić information content (AvgIpc) is 2.30. The van der Waals surface area contributed by atoms with E-state index in [-0.39, 0.29) is 6.04 Å². The zero-order chi connectivity index (χ0) is 12.8. The van der Waals surface area contributed by atoms with E-state index in [1.54, 1.807) is 7.05 Å². The molecule has 1 rings (SSSR count). The van der Waals surface area contributed by atoms with Gasteiger partial charge >= 0.3 is 0 Å². The Hall–Kier alpha value is -1.53. The van der Waals surface area contributed by atoms with Crippen LogP contribution in [0, 0.1) is 18.3 Å². The first-order valence-corrected chi connectivity index (χ1v) is 5.88. The van der Waals surface area contributed by atoms with E-state index in [2.05, 4.69) is 37.4 Å². The molecule has 1 aromatic rings. The number of hydrogen-bond acceptors (Lipinski definition) is 3. The smallest absolute Gasteiger partial charge is 0.129 e. The van der Waals surface area contributed by atoms with Gasteiger partial charge in [-0.05, 0) is 37.1 Å². The van der Waals surface area contributed by atoms with Gasteiger partial charge in [-0.25, -0.2) is 0 Å². The van der Waals surface area contributed by atoms with Gasteiger partial charge in [-0.1, -0.05) is 26.0 Å². The van der Waals surface area contributed by atoms with Crippen LogP contribution in [-0.4, -0.2) is 19.7 Å². The second kappa shape index (κ2) is 6.27. The third-order valence-electron chi connectivity index (χ3n) is 2.70. The fourth-order valence-corrected chi connectivity index (χ4v) is 1.60. The molecule has 0 aliphatic carbocycles. The van der Waals surface area contributed by atoms with Crippen molar-refractivity contribution in [2.75, 3.05) is 13.7 Å². The van der Waals surface area contributed by atoms with Crippen LogP contribution >= 0.6 is 0 Å². The molecule has 1 N–H and O–H groups in total. The summed E-state index contributed by atoms with van der Waals surface area (Å²) in [7, 11) is 1.76. The Morgan fingerprint density at radius 3 is 2.65 bits per heavy atom. The van der Waals surface area contributed by atoms with E-state index in [0.717, 1.165) is 5.75 Å². The van der Waals surface area contributed by atoms with Crippen LogP contribution < -0.4 is 10.1 Å². The summed E-state index contributed by atoms with van der Waals surface area (Å²) in [5.41, 5.74) is 2.35. The number of aryl methyl sites for hydroxylation is 1. The van der Waals surface area contributed by atoms with Gasteiger partial charge in [0.1, 0.15) is 18.4 Å². The maximum atomic E-state index is 8.84. The van der Waals surface area contributed by atoms with Crippen molar-refractivity contribution in [1.82, 2.24) is 5.32 Å². The Morgan fingerprint density at radius 2 is 2.12 bits per heavy atom. The molecule has 0 saturated carbocycles. The number of hydrogen-bond donors (Lipinski definition) is 1. The van der Waals surface area contributed by atoms with Gasteiger partial charge in [0, 0.05) is 0 Å². The summed E-state index contributed by atoms with van der Waals surface area (Å²) < 4.78 is 5.74. The minimum Gasteiger partial charge on any atom is -0.491 e. The summed E-state index contributed by atoms with van der Waals surface area (Å²) in [6.07, 6.45) is 0. The van der Waals surface area contributed by atoms with Gasteiger partial charge in [0.15, 0.2) is 0 Å². The summed E-state index contributed by atoms with van der Waals surface area (Å²) in [5, 5.41) is 11.7. The van der Waals surface area contributed by atoms with Crippen molar-refractivity contribution < 1.29 is 4.74 Å². The van der Waals surface area contributed by atoms with Gasteiger partial charge in [0.2, 0.25) is 0 Å². The van der Waals surface area contributed by atoms with Gasteiger partial charge in [-0.15, -0.1) is 0 Å². The molecule has 3 nitrogen and oxygen atoms in total. The van der Waals surface area contributed by atoms with Crippen molar-refractivity contribution in [2.24, 2.45) is 0 Å². The minimum absolute atomic E-state index is 0.268. The lowest BCUT2D eigenvalue weighted by molar-refractivity contribution is 0.291. The first-order valence-electron chi connectivity index (χ1n) is 5.88. The van der Waals surface area contributed by atoms with Gasteiger partial charge < -0.3 is 10.1 Å². The molecule has 0 fully saturated rings. The second-order valence-corrected chi connectivity index (χ2v) is 4.48. The summed E-state index contributed by atoms with van der Waals surface area (Å²) in [6, 6.07) is 8.09. The van der Waals surface area contributed by atoms with Crippen LogP contribution in [0.3, 0.4) is 0 Å². The SMILES string of the molecule is CNC(C#N)COc1cc(C)ccc1C(C)C. The van der Waals surface area contributed by atoms with Crippen LogP contribution in [0.5, 0.6) is 5.75 Å². The van der Waals surface area contributed by atoms with Crippen LogP contribution in [0.1, 0.15) is 30.9 Å². The van der Waals surface area contributed by atoms with Crippen molar-refractivity contribution in [2.45, 2.75) is 32.7 Å². The quantitative estimate of drug-likeness (QED) is 0.848. The third-order valence-corrected chi connectivity index (χ3v) is 2.70. The van der Waals surface area contributed by atoms with Gasteiger partial charge in [0.05, 0.1) is 6.07 Å². The molecule has 0 aromatic heterocycles. The number of nitrogens with one attached hydrogen (secondary N) is 1. The molecular weight excluding hydrogens is 212 g/mol. The van der Waals surface area contributed by atoms with Crippen molar-refractivity contribution in [3.05, 3.63) is 29.3 Å². The van der Waals surface area contributed by atoms with E-state index in [0.29, 0.717) is 12.5 Å². The van der Waals surface area contributed by atoms with E-state index < -0.39 is 0 Å². The molecule has 0 aliphatic heterocycles. The molecule has 0 amide bonds. The van der Waals surface area contributed by atoms with Crippen molar-refractivity contribution in [3.8, 4) is 11.8 Å². The Morgan fingerprint density at radius 1 is 1.41 bits per heavy atom. The number of benzene rings is 1. The van der Waals surface area contributed by atoms with Crippen LogP contribution in [0.25, 0.3) is 0 Å². The lowest BCUT2D eigenvalue weighted by atomic mass is 10.0. The standard InChI is InChI=1S/C14H20N2O/c1-10(2)13-6-5-11(3)7-14(13)17-9-12(8-15)16-4/h5-7,10,12,16H,9H2,1-4H3. The molecule has 0 heterocycles. The number of nitriles is 1. The molecule has 0 bridgehead atoms. The largest absolute Gasteiger partial charge is 0.491 e. The molecule has 0 spiro atoms. The fourth-order valence-electron chi connectivity index (χ4n) is 1.60. The second-order valence-electron chi connectivity index (χ2n) is 4.48. The van der Waals surface area contributed by atoms with Crippen molar-refractivity contribution in [3.63, 3.8) is 0 Å². The Kier molecular flexibility index (Phi) is 4.99. The lowest BCUT2D eigenvalue weighted by Crippen LogP contribution is -2.30. The van der Waals surface area contributed by atoms with Gasteiger partial charge in [-0.3, -0.25) is 0 Å². The summed E-state index contributed by atoms with van der Waals surface area (Å²) in [6.45, 7) is 6.68. The number of ether oxygens (including phenoxy) is 1. The number of likely N-dealkylation sites (N-methyl/N-ethyl adjacent to an activating group) is 1. The maximum absolute atomic E-state index is 8.84. The van der Waals surface area contributed by atoms with Crippen LogP contribution in [-0.2, 0) is 0 Å². The lowest BCUT2D eigenvalue weighted by Gasteiger charge is -2.16. The van der Waals surface area contributed by atoms with Crippen LogP contribution in [0.2, 0.25) is 0 Å². The monoisotopic (exact) mass is 232 g/mol. The van der Waals surface area contributed by atoms with Gasteiger partial charge in [-0.2, -0.15) is 5.26 Å². The van der Waals surface area contributed by atoms with E-state index in [4.69, 9.17) is 10.00 Å². The number of nitrogens with zero attached hydrogens (tertiary/aromatic N) is 1. The highest BCUT2D eigenvalue weighted by molar-refractivity contribution is 5.39. The molecule has 0 aliphatic rings. The molecule has 1 unspecified atom stereocenters. The van der Waals surface area contributed by atoms with E-state index >= 15 is 0 Å². The Labute approximate surface area is 103 Å². The average molecular weight is 232 g/mol. The number of rotatable bonds is 5. The third kappa shape index (κ3) is 3.76. The van der Waals surface area contributed by atoms with Crippen LogP contribution in [0.4, 0.5) is 0 Å². The Bertz CT molecular complexity index is 407. The van der Waals surface area contributed by atoms with E-state index in [1.165, 1.54) is 11.1 Å². The predicted octanol–water partition coefficient (Wildman–Crippen LogP) is 2.61. The van der Waals surface area contributed by atoms with E-state index in [1.807, 2.05) is 13.0 Å². The minimum atomic E-state index is -0.268. The molecule has 3 heteroatoms. The van der Waals surface area contributed by atoms with Gasteiger partial charge in [0.25, 0.3) is 0 Å². The maximum Gasteiger partial charge on any atom is 0.129 e. The highest BCUT2D eigenvalue weighted by Gasteiger charge is 2.10. The molecule has 0 radical (unpaired) electrons. The highest BCUT2D eigenvalue weighted by Crippen LogP contribution is 2.27. The molecule has 0 saturated heterocycles. The molecule has 1 aromatic carbocycles. The highest BCUT2D eigenvalue weighted by atomic mass is 16.5. The topological polar surface area (TPSA) is 45.0 Å². The molecule has 17 heavy (non-hydrogen) atoms. The Balaban J connectivity index is 2.82.